The van der Waals surface area contributed by atoms with E-state index in [1.165, 1.54) is 5.56 Å². The third-order valence-electron chi connectivity index (χ3n) is 3.20. The number of methoxy groups -OCH3 is 1. The highest BCUT2D eigenvalue weighted by atomic mass is 16.5. The van der Waals surface area contributed by atoms with Crippen molar-refractivity contribution in [3.63, 3.8) is 0 Å². The lowest BCUT2D eigenvalue weighted by molar-refractivity contribution is -0.119. The number of hydrogen-bond acceptors (Lipinski definition) is 3. The fraction of sp³-hybridized carbons (Fsp3) is 0.500. The van der Waals surface area contributed by atoms with E-state index in [0.717, 1.165) is 18.7 Å². The fourth-order valence-electron chi connectivity index (χ4n) is 2.30. The van der Waals surface area contributed by atoms with Crippen LogP contribution < -0.4 is 15.4 Å². The average Bonchev–Trinajstić information content (AvgIpc) is 2.75. The van der Waals surface area contributed by atoms with Crippen LogP contribution in [0.1, 0.15) is 18.9 Å². The first-order valence-electron chi connectivity index (χ1n) is 6.33. The maximum atomic E-state index is 11.1. The predicted molar refractivity (Wildman–Crippen MR) is 70.7 cm³/mol. The van der Waals surface area contributed by atoms with Crippen molar-refractivity contribution in [3.05, 3.63) is 29.8 Å². The Kier molecular flexibility index (Phi) is 4.20. The molecule has 1 aromatic rings. The molecule has 1 heterocycles. The summed E-state index contributed by atoms with van der Waals surface area (Å²) >= 11 is 0. The molecule has 4 nitrogen and oxygen atoms in total. The Morgan fingerprint density at radius 1 is 1.44 bits per heavy atom. The van der Waals surface area contributed by atoms with Gasteiger partial charge in [0.05, 0.1) is 7.11 Å². The van der Waals surface area contributed by atoms with E-state index >= 15 is 0 Å². The Bertz CT molecular complexity index is 403. The standard InChI is InChI=1S/C14H20N2O2/c1-10(16-12-8-14(17)15-9-12)7-11-3-5-13(18-2)6-4-11/h3-6,10,12,16H,7-9H2,1-2H3,(H,15,17). The quantitative estimate of drug-likeness (QED) is 0.820. The molecule has 18 heavy (non-hydrogen) atoms. The van der Waals surface area contributed by atoms with Gasteiger partial charge < -0.3 is 15.4 Å². The summed E-state index contributed by atoms with van der Waals surface area (Å²) in [4.78, 5) is 11.1. The molecule has 1 saturated heterocycles. The summed E-state index contributed by atoms with van der Waals surface area (Å²) in [5.74, 6) is 1.02. The van der Waals surface area contributed by atoms with Crippen molar-refractivity contribution in [2.24, 2.45) is 0 Å². The summed E-state index contributed by atoms with van der Waals surface area (Å²) < 4.78 is 5.13. The normalized spacial score (nSPS) is 20.6. The Labute approximate surface area is 108 Å². The second kappa shape index (κ2) is 5.87. The van der Waals surface area contributed by atoms with Crippen LogP contribution in [0.3, 0.4) is 0 Å². The molecule has 0 bridgehead atoms. The first-order valence-corrected chi connectivity index (χ1v) is 6.33. The zero-order chi connectivity index (χ0) is 13.0. The van der Waals surface area contributed by atoms with Crippen LogP contribution in [-0.2, 0) is 11.2 Å². The van der Waals surface area contributed by atoms with Gasteiger partial charge in [0.1, 0.15) is 5.75 Å². The van der Waals surface area contributed by atoms with Crippen molar-refractivity contribution >= 4 is 5.91 Å². The van der Waals surface area contributed by atoms with Gasteiger partial charge in [-0.15, -0.1) is 0 Å². The van der Waals surface area contributed by atoms with Crippen LogP contribution in [0.15, 0.2) is 24.3 Å². The summed E-state index contributed by atoms with van der Waals surface area (Å²) in [6, 6.07) is 8.73. The molecule has 98 valence electrons. The second-order valence-electron chi connectivity index (χ2n) is 4.83. The van der Waals surface area contributed by atoms with Crippen LogP contribution in [0.2, 0.25) is 0 Å². The van der Waals surface area contributed by atoms with Crippen LogP contribution in [0.5, 0.6) is 5.75 Å². The minimum absolute atomic E-state index is 0.143. The molecular formula is C14H20N2O2. The number of nitrogens with one attached hydrogen (secondary N) is 2. The summed E-state index contributed by atoms with van der Waals surface area (Å²) in [6.45, 7) is 2.89. The Morgan fingerprint density at radius 2 is 2.17 bits per heavy atom. The highest BCUT2D eigenvalue weighted by Crippen LogP contribution is 2.13. The lowest BCUT2D eigenvalue weighted by Crippen LogP contribution is -2.38. The molecule has 1 fully saturated rings. The van der Waals surface area contributed by atoms with E-state index in [0.29, 0.717) is 12.5 Å². The number of carbonyl (C=O) groups is 1. The van der Waals surface area contributed by atoms with E-state index in [1.54, 1.807) is 7.11 Å². The number of hydrogen-bond donors (Lipinski definition) is 2. The van der Waals surface area contributed by atoms with Gasteiger partial charge in [0.15, 0.2) is 0 Å². The molecule has 4 heteroatoms. The molecule has 0 aromatic heterocycles. The summed E-state index contributed by atoms with van der Waals surface area (Å²) in [7, 11) is 1.67. The van der Waals surface area contributed by atoms with Crippen LogP contribution in [0.4, 0.5) is 0 Å². The number of carbonyl (C=O) groups excluding carboxylic acids is 1. The summed E-state index contributed by atoms with van der Waals surface area (Å²) in [5, 5.41) is 6.31. The van der Waals surface area contributed by atoms with Crippen molar-refractivity contribution in [1.29, 1.82) is 0 Å². The number of ether oxygens (including phenoxy) is 1. The maximum absolute atomic E-state index is 11.1. The maximum Gasteiger partial charge on any atom is 0.221 e. The van der Waals surface area contributed by atoms with Gasteiger partial charge in [-0.25, -0.2) is 0 Å². The van der Waals surface area contributed by atoms with Gasteiger partial charge in [0.2, 0.25) is 5.91 Å². The third kappa shape index (κ3) is 3.47. The zero-order valence-electron chi connectivity index (χ0n) is 10.9. The molecule has 2 atom stereocenters. The van der Waals surface area contributed by atoms with E-state index in [-0.39, 0.29) is 11.9 Å². The number of benzene rings is 1. The van der Waals surface area contributed by atoms with Crippen molar-refractivity contribution in [1.82, 2.24) is 10.6 Å². The minimum Gasteiger partial charge on any atom is -0.497 e. The Morgan fingerprint density at radius 3 is 2.72 bits per heavy atom. The Hall–Kier alpha value is -1.55. The van der Waals surface area contributed by atoms with E-state index < -0.39 is 0 Å². The molecule has 1 aromatic carbocycles. The predicted octanol–water partition coefficient (Wildman–Crippen LogP) is 1.10. The molecular weight excluding hydrogens is 228 g/mol. The van der Waals surface area contributed by atoms with Crippen LogP contribution in [0, 0.1) is 0 Å². The Balaban J connectivity index is 1.82. The van der Waals surface area contributed by atoms with Gasteiger partial charge in [-0.3, -0.25) is 4.79 Å². The van der Waals surface area contributed by atoms with E-state index in [2.05, 4.69) is 29.7 Å². The van der Waals surface area contributed by atoms with Crippen LogP contribution in [0.25, 0.3) is 0 Å². The van der Waals surface area contributed by atoms with Gasteiger partial charge in [-0.2, -0.15) is 0 Å². The molecule has 2 unspecified atom stereocenters. The second-order valence-corrected chi connectivity index (χ2v) is 4.83. The molecule has 2 rings (SSSR count). The number of amides is 1. The minimum atomic E-state index is 0.143. The molecule has 0 saturated carbocycles. The lowest BCUT2D eigenvalue weighted by atomic mass is 10.1. The molecule has 1 aliphatic rings. The fourth-order valence-corrected chi connectivity index (χ4v) is 2.30. The van der Waals surface area contributed by atoms with E-state index in [1.807, 2.05) is 12.1 Å². The molecule has 1 amide bonds. The largest absolute Gasteiger partial charge is 0.497 e. The third-order valence-corrected chi connectivity index (χ3v) is 3.20. The van der Waals surface area contributed by atoms with Gasteiger partial charge in [0.25, 0.3) is 0 Å². The first-order chi connectivity index (χ1) is 8.67. The molecule has 0 radical (unpaired) electrons. The average molecular weight is 248 g/mol. The monoisotopic (exact) mass is 248 g/mol. The lowest BCUT2D eigenvalue weighted by Gasteiger charge is -2.18. The molecule has 1 aliphatic heterocycles. The van der Waals surface area contributed by atoms with E-state index in [4.69, 9.17) is 4.74 Å². The van der Waals surface area contributed by atoms with Crippen molar-refractivity contribution in [2.75, 3.05) is 13.7 Å². The highest BCUT2D eigenvalue weighted by Gasteiger charge is 2.22. The van der Waals surface area contributed by atoms with Gasteiger partial charge in [0, 0.05) is 25.0 Å². The van der Waals surface area contributed by atoms with E-state index in [9.17, 15) is 4.79 Å². The molecule has 0 spiro atoms. The van der Waals surface area contributed by atoms with Crippen LogP contribution >= 0.6 is 0 Å². The topological polar surface area (TPSA) is 50.4 Å². The molecule has 2 N–H and O–H groups in total. The SMILES string of the molecule is COc1ccc(CC(C)NC2CNC(=O)C2)cc1. The van der Waals surface area contributed by atoms with Gasteiger partial charge in [-0.1, -0.05) is 12.1 Å². The summed E-state index contributed by atoms with van der Waals surface area (Å²) in [6.07, 6.45) is 1.54. The highest BCUT2D eigenvalue weighted by molar-refractivity contribution is 5.78. The van der Waals surface area contributed by atoms with Gasteiger partial charge in [-0.05, 0) is 31.0 Å². The van der Waals surface area contributed by atoms with Crippen molar-refractivity contribution in [3.8, 4) is 5.75 Å². The van der Waals surface area contributed by atoms with Crippen molar-refractivity contribution in [2.45, 2.75) is 31.8 Å². The molecule has 0 aliphatic carbocycles. The first kappa shape index (κ1) is 12.9. The van der Waals surface area contributed by atoms with Crippen LogP contribution in [-0.4, -0.2) is 31.6 Å². The summed E-state index contributed by atoms with van der Waals surface area (Å²) in [5.41, 5.74) is 1.27. The zero-order valence-corrected chi connectivity index (χ0v) is 10.9. The number of rotatable bonds is 5. The smallest absolute Gasteiger partial charge is 0.221 e. The van der Waals surface area contributed by atoms with Crippen molar-refractivity contribution < 1.29 is 9.53 Å². The van der Waals surface area contributed by atoms with Gasteiger partial charge >= 0.3 is 0 Å².